The lowest BCUT2D eigenvalue weighted by Crippen LogP contribution is -2.14. The van der Waals surface area contributed by atoms with Crippen LogP contribution in [0.2, 0.25) is 0 Å². The molecule has 0 spiro atoms. The summed E-state index contributed by atoms with van der Waals surface area (Å²) in [6.07, 6.45) is 0. The Morgan fingerprint density at radius 2 is 0.442 bits per heavy atom. The fraction of sp³-hybridized carbons (Fsp3) is 0.100. The van der Waals surface area contributed by atoms with Crippen LogP contribution in [-0.4, -0.2) is 0 Å². The minimum atomic E-state index is -1.21. The van der Waals surface area contributed by atoms with Gasteiger partial charge in [0.2, 0.25) is 0 Å². The zero-order valence-corrected chi connectivity index (χ0v) is 66.8. The average molecular weight is 1640 g/mol. The Morgan fingerprint density at radius 3 is 0.783 bits per heavy atom. The lowest BCUT2D eigenvalue weighted by Gasteiger charge is -2.26. The van der Waals surface area contributed by atoms with Gasteiger partial charge in [-0.25, -0.2) is 65.9 Å². The Balaban J connectivity index is 0.000000147. The number of aryl methyl sites for hydroxylation is 10. The van der Waals surface area contributed by atoms with Gasteiger partial charge in [0, 0.05) is 75.1 Å². The lowest BCUT2D eigenvalue weighted by atomic mass is 10.1. The largest absolute Gasteiger partial charge is 0.308 e. The predicted octanol–water partition coefficient (Wildman–Crippen LogP) is 31.0. The molecule has 15 rings (SSSR count). The number of hydrogen-bond acceptors (Lipinski definition) is 5. The summed E-state index contributed by atoms with van der Waals surface area (Å²) >= 11 is 0. The van der Waals surface area contributed by atoms with E-state index in [9.17, 15) is 65.9 Å². The first-order valence-corrected chi connectivity index (χ1v) is 37.7. The standard InChI is InChI=1S/5C20H16F3N/c1-13-3-8-16(9-4-13)24(17-10-6-15(21)7-11-17)18-12-5-14(2)19(22)20(18)23;1-13-3-7-16(8-4-13)24(17-9-5-15(21)6-10-17)20-12-18(22)14(2)11-19(20)23;1-13-3-7-16(8-4-13)24(17-9-5-15(21)6-10-17)20-18(22)11-14(2)12-19(20)23;1-13-3-7-16(8-4-13)24(17-9-5-14(2)6-10-17)19-12-15(21)11-18(22)20(19)23;1-13-3-7-15(8-4-13)24(16-9-5-14(2)6-10-16)20-18(22)12-11-17(21)19(20)23/h5*3-12H,1-2H3. The van der Waals surface area contributed by atoms with E-state index in [4.69, 9.17) is 0 Å². The molecule has 0 heterocycles. The van der Waals surface area contributed by atoms with Crippen LogP contribution in [0.3, 0.4) is 0 Å². The van der Waals surface area contributed by atoms with Gasteiger partial charge in [-0.2, -0.15) is 0 Å². The maximum atomic E-state index is 14.6. The second-order valence-electron chi connectivity index (χ2n) is 28.5. The molecule has 0 saturated heterocycles. The van der Waals surface area contributed by atoms with Crippen molar-refractivity contribution in [2.24, 2.45) is 0 Å². The number of nitrogens with zero attached hydrogens (tertiary/aromatic N) is 5. The first-order chi connectivity index (χ1) is 57.3. The fourth-order valence-corrected chi connectivity index (χ4v) is 12.7. The van der Waals surface area contributed by atoms with E-state index in [0.717, 1.165) is 69.3 Å². The van der Waals surface area contributed by atoms with Gasteiger partial charge < -0.3 is 24.5 Å². The summed E-state index contributed by atoms with van der Waals surface area (Å²) < 4.78 is 210. The van der Waals surface area contributed by atoms with E-state index in [-0.39, 0.29) is 33.9 Å². The summed E-state index contributed by atoms with van der Waals surface area (Å²) in [7, 11) is 0. The van der Waals surface area contributed by atoms with Crippen LogP contribution in [0.1, 0.15) is 55.6 Å². The molecular weight excluding hydrogens is 1560 g/mol. The molecule has 120 heavy (non-hydrogen) atoms. The van der Waals surface area contributed by atoms with Crippen LogP contribution in [0.25, 0.3) is 0 Å². The number of benzene rings is 15. The fourth-order valence-electron chi connectivity index (χ4n) is 12.7. The molecule has 0 amide bonds. The molecule has 0 bridgehead atoms. The maximum absolute atomic E-state index is 14.6. The minimum Gasteiger partial charge on any atom is -0.308 e. The van der Waals surface area contributed by atoms with Crippen molar-refractivity contribution in [2.45, 2.75) is 69.2 Å². The zero-order valence-electron chi connectivity index (χ0n) is 66.8. The molecule has 0 N–H and O–H groups in total. The third-order valence-electron chi connectivity index (χ3n) is 19.1. The topological polar surface area (TPSA) is 16.2 Å². The molecule has 15 aromatic carbocycles. The summed E-state index contributed by atoms with van der Waals surface area (Å²) in [6, 6.07) is 79.0. The predicted molar refractivity (Wildman–Crippen MR) is 452 cm³/mol. The molecular formula is C100H80F15N5. The van der Waals surface area contributed by atoms with Crippen LogP contribution in [0.5, 0.6) is 0 Å². The average Bonchev–Trinajstić information content (AvgIpc) is 0.801. The van der Waals surface area contributed by atoms with Gasteiger partial charge >= 0.3 is 0 Å². The van der Waals surface area contributed by atoms with Gasteiger partial charge in [0.15, 0.2) is 34.9 Å². The van der Waals surface area contributed by atoms with E-state index in [2.05, 4.69) is 0 Å². The van der Waals surface area contributed by atoms with Crippen molar-refractivity contribution >= 4 is 85.3 Å². The maximum Gasteiger partial charge on any atom is 0.185 e. The molecule has 0 fully saturated rings. The highest BCUT2D eigenvalue weighted by Gasteiger charge is 2.27. The van der Waals surface area contributed by atoms with Crippen molar-refractivity contribution in [3.05, 3.63) is 446 Å². The monoisotopic (exact) mass is 1640 g/mol. The molecule has 0 aliphatic rings. The summed E-state index contributed by atoms with van der Waals surface area (Å²) in [5.41, 5.74) is 13.4. The van der Waals surface area contributed by atoms with Crippen LogP contribution in [0, 0.1) is 156 Å². The lowest BCUT2D eigenvalue weighted by molar-refractivity contribution is 0.496. The smallest absolute Gasteiger partial charge is 0.185 e. The van der Waals surface area contributed by atoms with Gasteiger partial charge in [0.1, 0.15) is 63.7 Å². The number of anilines is 15. The van der Waals surface area contributed by atoms with Crippen molar-refractivity contribution in [3.63, 3.8) is 0 Å². The summed E-state index contributed by atoms with van der Waals surface area (Å²) in [5.74, 6) is -11.6. The van der Waals surface area contributed by atoms with Gasteiger partial charge in [-0.1, -0.05) is 130 Å². The SMILES string of the molecule is Cc1ccc(N(c2ccc(C)cc2)c2c(F)ccc(F)c2F)cc1.Cc1ccc(N(c2ccc(C)cc2)c2cc(F)cc(F)c2F)cc1.Cc1ccc(N(c2ccc(F)cc2)c2c(F)cc(C)cc2F)cc1.Cc1ccc(N(c2ccc(F)cc2)c2cc(F)c(C)cc2F)cc1.Cc1ccc(N(c2ccc(F)cc2)c2ccc(C)c(F)c2F)cc1. The Bertz CT molecular complexity index is 5660. The highest BCUT2D eigenvalue weighted by Crippen LogP contribution is 2.44. The molecule has 0 atom stereocenters. The summed E-state index contributed by atoms with van der Waals surface area (Å²) in [4.78, 5) is 7.46. The van der Waals surface area contributed by atoms with Crippen molar-refractivity contribution in [1.29, 1.82) is 0 Å². The van der Waals surface area contributed by atoms with E-state index in [0.29, 0.717) is 68.5 Å². The Morgan fingerprint density at radius 1 is 0.150 bits per heavy atom. The summed E-state index contributed by atoms with van der Waals surface area (Å²) in [5, 5.41) is 0. The van der Waals surface area contributed by atoms with E-state index in [1.807, 2.05) is 158 Å². The van der Waals surface area contributed by atoms with Crippen molar-refractivity contribution in [2.75, 3.05) is 24.5 Å². The highest BCUT2D eigenvalue weighted by molar-refractivity contribution is 5.82. The molecule has 20 heteroatoms. The molecule has 15 aromatic rings. The van der Waals surface area contributed by atoms with Crippen molar-refractivity contribution < 1.29 is 65.9 Å². The van der Waals surface area contributed by atoms with Gasteiger partial charge in [-0.3, -0.25) is 0 Å². The molecule has 0 aliphatic carbocycles. The third kappa shape index (κ3) is 21.3. The summed E-state index contributed by atoms with van der Waals surface area (Å²) in [6.45, 7) is 18.2. The first kappa shape index (κ1) is 87.1. The van der Waals surface area contributed by atoms with Gasteiger partial charge in [-0.05, 0) is 280 Å². The van der Waals surface area contributed by atoms with Crippen LogP contribution >= 0.6 is 0 Å². The van der Waals surface area contributed by atoms with Crippen LogP contribution in [-0.2, 0) is 0 Å². The molecule has 5 nitrogen and oxygen atoms in total. The van der Waals surface area contributed by atoms with E-state index in [1.165, 1.54) is 126 Å². The number of hydrogen-bond donors (Lipinski definition) is 0. The molecule has 0 saturated carbocycles. The third-order valence-corrected chi connectivity index (χ3v) is 19.1. The number of rotatable bonds is 15. The molecule has 0 aromatic heterocycles. The van der Waals surface area contributed by atoms with E-state index in [1.54, 1.807) is 77.4 Å². The van der Waals surface area contributed by atoms with E-state index >= 15 is 0 Å². The van der Waals surface area contributed by atoms with Crippen LogP contribution in [0.4, 0.5) is 151 Å². The second kappa shape index (κ2) is 39.0. The van der Waals surface area contributed by atoms with Gasteiger partial charge in [0.25, 0.3) is 0 Å². The van der Waals surface area contributed by atoms with Gasteiger partial charge in [-0.15, -0.1) is 0 Å². The second-order valence-corrected chi connectivity index (χ2v) is 28.5. The molecule has 0 radical (unpaired) electrons. The van der Waals surface area contributed by atoms with Gasteiger partial charge in [0.05, 0.1) is 17.1 Å². The molecule has 0 aliphatic heterocycles. The minimum absolute atomic E-state index is 0.0774. The first-order valence-electron chi connectivity index (χ1n) is 37.7. The Labute approximate surface area is 687 Å². The normalized spacial score (nSPS) is 10.7. The molecule has 0 unspecified atom stereocenters. The van der Waals surface area contributed by atoms with Crippen molar-refractivity contribution in [1.82, 2.24) is 0 Å². The molecule has 610 valence electrons. The Kier molecular flexibility index (Phi) is 28.3. The highest BCUT2D eigenvalue weighted by atomic mass is 19.2. The van der Waals surface area contributed by atoms with E-state index < -0.39 is 92.9 Å². The number of halogens is 15. The zero-order chi connectivity index (χ0) is 86.3. The Hall–Kier alpha value is -13.8. The van der Waals surface area contributed by atoms with Crippen molar-refractivity contribution in [3.8, 4) is 0 Å². The quantitative estimate of drug-likeness (QED) is 0.0749. The van der Waals surface area contributed by atoms with Crippen LogP contribution in [0.15, 0.2) is 303 Å². The van der Waals surface area contributed by atoms with Crippen LogP contribution < -0.4 is 24.5 Å².